The van der Waals surface area contributed by atoms with E-state index in [1.165, 1.54) is 135 Å². The maximum absolute atomic E-state index is 10.6. The summed E-state index contributed by atoms with van der Waals surface area (Å²) < 4.78 is 0. The summed E-state index contributed by atoms with van der Waals surface area (Å²) in [6.07, 6.45) is 28.5. The summed E-state index contributed by atoms with van der Waals surface area (Å²) in [4.78, 5) is 31.7. The fraction of sp³-hybridized carbons (Fsp3) is 0.727. The third-order valence-electron chi connectivity index (χ3n) is 8.12. The van der Waals surface area contributed by atoms with E-state index in [-0.39, 0.29) is 16.7 Å². The summed E-state index contributed by atoms with van der Waals surface area (Å²) in [6, 6.07) is 4.26. The molecule has 0 aromatic heterocycles. The van der Waals surface area contributed by atoms with Gasteiger partial charge in [0.25, 0.3) is 0 Å². The molecular formula is C33H57N3O6. The van der Waals surface area contributed by atoms with Gasteiger partial charge in [0.2, 0.25) is 0 Å². The zero-order chi connectivity index (χ0) is 31.2. The maximum atomic E-state index is 10.6. The zero-order valence-corrected chi connectivity index (χ0v) is 25.6. The Morgan fingerprint density at radius 1 is 0.405 bits per heavy atom. The Labute approximate surface area is 252 Å². The van der Waals surface area contributed by atoms with E-state index in [9.17, 15) is 14.4 Å². The van der Waals surface area contributed by atoms with Gasteiger partial charge in [0, 0.05) is 18.1 Å². The van der Waals surface area contributed by atoms with Crippen LogP contribution >= 0.6 is 0 Å². The molecule has 9 heteroatoms. The second kappa shape index (κ2) is 23.0. The topological polar surface area (TPSA) is 190 Å². The Morgan fingerprint density at radius 2 is 0.571 bits per heavy atom. The number of hydrogen-bond acceptors (Lipinski definition) is 6. The van der Waals surface area contributed by atoms with E-state index >= 15 is 0 Å². The number of benzene rings is 1. The van der Waals surface area contributed by atoms with E-state index < -0.39 is 17.9 Å². The van der Waals surface area contributed by atoms with Crippen molar-refractivity contribution in [1.29, 1.82) is 0 Å². The predicted molar refractivity (Wildman–Crippen MR) is 168 cm³/mol. The van der Waals surface area contributed by atoms with Crippen LogP contribution in [0.15, 0.2) is 18.2 Å². The molecule has 4 rings (SSSR count). The van der Waals surface area contributed by atoms with Crippen LogP contribution in [0.4, 0.5) is 0 Å². The summed E-state index contributed by atoms with van der Waals surface area (Å²) in [7, 11) is 0. The molecule has 3 saturated carbocycles. The molecule has 0 saturated heterocycles. The number of carbonyl (C=O) groups is 3. The number of carboxylic acids is 3. The Bertz CT molecular complexity index is 759. The van der Waals surface area contributed by atoms with Gasteiger partial charge in [0.05, 0.1) is 16.7 Å². The summed E-state index contributed by atoms with van der Waals surface area (Å²) in [5.74, 6) is -4.12. The fourth-order valence-electron chi connectivity index (χ4n) is 5.46. The molecule has 1 aromatic rings. The first-order valence-electron chi connectivity index (χ1n) is 16.2. The van der Waals surface area contributed by atoms with Crippen molar-refractivity contribution in [2.24, 2.45) is 17.2 Å². The number of nitrogens with two attached hydrogens (primary N) is 3. The van der Waals surface area contributed by atoms with Gasteiger partial charge in [0.1, 0.15) is 0 Å². The minimum atomic E-state index is -1.37. The van der Waals surface area contributed by atoms with E-state index in [0.717, 1.165) is 18.2 Å². The van der Waals surface area contributed by atoms with Crippen LogP contribution < -0.4 is 17.2 Å². The second-order valence-corrected chi connectivity index (χ2v) is 12.0. The van der Waals surface area contributed by atoms with Crippen LogP contribution in [0.3, 0.4) is 0 Å². The Balaban J connectivity index is 0.000000288. The van der Waals surface area contributed by atoms with Gasteiger partial charge in [-0.25, -0.2) is 14.4 Å². The highest BCUT2D eigenvalue weighted by Crippen LogP contribution is 2.17. The highest BCUT2D eigenvalue weighted by atomic mass is 16.4. The quantitative estimate of drug-likeness (QED) is 0.216. The lowest BCUT2D eigenvalue weighted by molar-refractivity contribution is 0.0696. The van der Waals surface area contributed by atoms with Gasteiger partial charge < -0.3 is 32.5 Å². The van der Waals surface area contributed by atoms with Crippen molar-refractivity contribution in [3.8, 4) is 0 Å². The molecule has 3 fully saturated rings. The van der Waals surface area contributed by atoms with E-state index in [1.807, 2.05) is 0 Å². The summed E-state index contributed by atoms with van der Waals surface area (Å²) in [6.45, 7) is 0. The van der Waals surface area contributed by atoms with Crippen LogP contribution in [-0.2, 0) is 0 Å². The lowest BCUT2D eigenvalue weighted by Gasteiger charge is -2.14. The van der Waals surface area contributed by atoms with Crippen LogP contribution in [-0.4, -0.2) is 51.4 Å². The fourth-order valence-corrected chi connectivity index (χ4v) is 5.46. The molecule has 0 radical (unpaired) electrons. The van der Waals surface area contributed by atoms with E-state index in [2.05, 4.69) is 0 Å². The highest BCUT2D eigenvalue weighted by Gasteiger charge is 2.14. The predicted octanol–water partition coefficient (Wildman–Crippen LogP) is 6.96. The summed E-state index contributed by atoms with van der Waals surface area (Å²) in [5.41, 5.74) is 16.3. The summed E-state index contributed by atoms with van der Waals surface area (Å²) >= 11 is 0. The molecule has 0 unspecified atom stereocenters. The number of carboxylic acid groups (broad SMARTS) is 3. The van der Waals surface area contributed by atoms with Crippen LogP contribution in [0.25, 0.3) is 0 Å². The van der Waals surface area contributed by atoms with Gasteiger partial charge in [-0.2, -0.15) is 0 Å². The van der Waals surface area contributed by atoms with Gasteiger partial charge in [0.15, 0.2) is 0 Å². The van der Waals surface area contributed by atoms with Crippen LogP contribution in [0.1, 0.15) is 166 Å². The minimum absolute atomic E-state index is 0.368. The molecule has 9 nitrogen and oxygen atoms in total. The molecule has 0 spiro atoms. The SMILES string of the molecule is NC1CCCCCCC1.NC1CCCCCCC1.NC1CCCCCCC1.O=C(O)c1cc(C(=O)O)cc(C(=O)O)c1. The first-order chi connectivity index (χ1) is 20.1. The molecule has 3 aliphatic rings. The van der Waals surface area contributed by atoms with Crippen LogP contribution in [0, 0.1) is 0 Å². The lowest BCUT2D eigenvalue weighted by atomic mass is 9.98. The smallest absolute Gasteiger partial charge is 0.335 e. The normalized spacial score (nSPS) is 19.5. The molecule has 240 valence electrons. The summed E-state index contributed by atoms with van der Waals surface area (Å²) in [5, 5.41) is 25.8. The molecule has 0 heterocycles. The van der Waals surface area contributed by atoms with E-state index in [1.54, 1.807) is 0 Å². The second-order valence-electron chi connectivity index (χ2n) is 12.0. The largest absolute Gasteiger partial charge is 0.478 e. The molecule has 0 amide bonds. The first kappa shape index (κ1) is 37.5. The molecule has 0 bridgehead atoms. The first-order valence-corrected chi connectivity index (χ1v) is 16.2. The van der Waals surface area contributed by atoms with Gasteiger partial charge >= 0.3 is 17.9 Å². The van der Waals surface area contributed by atoms with Gasteiger partial charge in [-0.1, -0.05) is 96.3 Å². The number of aromatic carboxylic acids is 3. The average Bonchev–Trinajstić information content (AvgIpc) is 2.91. The molecule has 3 aliphatic carbocycles. The highest BCUT2D eigenvalue weighted by molar-refractivity contribution is 5.98. The maximum Gasteiger partial charge on any atom is 0.335 e. The Kier molecular flexibility index (Phi) is 20.6. The molecule has 0 aliphatic heterocycles. The molecular weight excluding hydrogens is 534 g/mol. The van der Waals surface area contributed by atoms with Gasteiger partial charge in [-0.05, 0) is 56.7 Å². The zero-order valence-electron chi connectivity index (χ0n) is 25.6. The van der Waals surface area contributed by atoms with E-state index in [4.69, 9.17) is 32.5 Å². The van der Waals surface area contributed by atoms with Crippen molar-refractivity contribution < 1.29 is 29.7 Å². The Morgan fingerprint density at radius 3 is 0.738 bits per heavy atom. The van der Waals surface area contributed by atoms with Crippen LogP contribution in [0.2, 0.25) is 0 Å². The number of hydrogen-bond donors (Lipinski definition) is 6. The standard InChI is InChI=1S/C9H6O6.3C8H17N/c10-7(11)4-1-5(8(12)13)3-6(2-4)9(14)15;3*9-8-6-4-2-1-3-5-7-8/h1-3H,(H,10,11)(H,12,13)(H,14,15);3*8H,1-7,9H2. The van der Waals surface area contributed by atoms with Crippen molar-refractivity contribution in [1.82, 2.24) is 0 Å². The third-order valence-corrected chi connectivity index (χ3v) is 8.12. The van der Waals surface area contributed by atoms with Crippen molar-refractivity contribution in [3.05, 3.63) is 34.9 Å². The van der Waals surface area contributed by atoms with Crippen molar-refractivity contribution in [2.75, 3.05) is 0 Å². The van der Waals surface area contributed by atoms with E-state index in [0.29, 0.717) is 18.1 Å². The van der Waals surface area contributed by atoms with Crippen molar-refractivity contribution >= 4 is 17.9 Å². The van der Waals surface area contributed by atoms with Crippen molar-refractivity contribution in [3.63, 3.8) is 0 Å². The molecule has 42 heavy (non-hydrogen) atoms. The molecule has 9 N–H and O–H groups in total. The van der Waals surface area contributed by atoms with Gasteiger partial charge in [-0.3, -0.25) is 0 Å². The van der Waals surface area contributed by atoms with Crippen molar-refractivity contribution in [2.45, 2.75) is 153 Å². The average molecular weight is 592 g/mol. The Hall–Kier alpha value is -2.49. The van der Waals surface area contributed by atoms with Crippen LogP contribution in [0.5, 0.6) is 0 Å². The third kappa shape index (κ3) is 18.8. The number of rotatable bonds is 3. The minimum Gasteiger partial charge on any atom is -0.478 e. The monoisotopic (exact) mass is 591 g/mol. The molecule has 0 atom stereocenters. The lowest BCUT2D eigenvalue weighted by Crippen LogP contribution is -2.20. The molecule has 1 aromatic carbocycles. The van der Waals surface area contributed by atoms with Gasteiger partial charge in [-0.15, -0.1) is 0 Å².